The molecule has 4 aromatic rings. The van der Waals surface area contributed by atoms with Gasteiger partial charge in [0.15, 0.2) is 17.3 Å². The van der Waals surface area contributed by atoms with Gasteiger partial charge in [-0.25, -0.2) is 0 Å². The van der Waals surface area contributed by atoms with Crippen molar-refractivity contribution in [3.8, 4) is 34.4 Å². The summed E-state index contributed by atoms with van der Waals surface area (Å²) in [6.07, 6.45) is 0. The summed E-state index contributed by atoms with van der Waals surface area (Å²) in [7, 11) is 4.65. The number of aromatic nitrogens is 3. The number of aromatic amines is 1. The Hall–Kier alpha value is -4.53. The molecular weight excluding hydrogens is 436 g/mol. The number of rotatable bonds is 9. The number of H-pyrrole nitrogens is 1. The van der Waals surface area contributed by atoms with Gasteiger partial charge in [0.05, 0.1) is 26.9 Å². The van der Waals surface area contributed by atoms with E-state index in [4.69, 9.17) is 18.9 Å². The summed E-state index contributed by atoms with van der Waals surface area (Å²) in [5.41, 5.74) is 2.08. The van der Waals surface area contributed by atoms with Crippen molar-refractivity contribution in [2.24, 2.45) is 0 Å². The van der Waals surface area contributed by atoms with Crippen LogP contribution in [0.1, 0.15) is 15.9 Å². The normalized spacial score (nSPS) is 10.4. The molecule has 0 atom stereocenters. The van der Waals surface area contributed by atoms with Crippen molar-refractivity contribution in [1.82, 2.24) is 15.2 Å². The molecule has 0 fully saturated rings. The summed E-state index contributed by atoms with van der Waals surface area (Å²) in [5, 5.41) is 9.58. The largest absolute Gasteiger partial charge is 0.497 e. The van der Waals surface area contributed by atoms with Crippen molar-refractivity contribution in [1.29, 1.82) is 0 Å². The zero-order valence-electron chi connectivity index (χ0n) is 19.0. The molecule has 0 radical (unpaired) electrons. The van der Waals surface area contributed by atoms with Crippen molar-refractivity contribution >= 4 is 11.9 Å². The number of nitrogens with zero attached hydrogens (tertiary/aromatic N) is 2. The van der Waals surface area contributed by atoms with Crippen LogP contribution in [0.3, 0.4) is 0 Å². The summed E-state index contributed by atoms with van der Waals surface area (Å²) >= 11 is 0. The number of hydrogen-bond donors (Lipinski definition) is 2. The standard InChI is InChI=1S/C25H24N4O5/c1-31-18-10-11-19(21(14-18)32-2)23-26-25(29-28-23)27-24(30)17-9-12-20(22(13-17)33-3)34-15-16-7-5-4-6-8-16/h4-14H,15H2,1-3H3,(H2,26,27,28,29,30). The van der Waals surface area contributed by atoms with Crippen LogP contribution in [0.2, 0.25) is 0 Å². The molecule has 4 rings (SSSR count). The van der Waals surface area contributed by atoms with E-state index >= 15 is 0 Å². The highest BCUT2D eigenvalue weighted by molar-refractivity contribution is 6.03. The van der Waals surface area contributed by atoms with E-state index in [-0.39, 0.29) is 11.9 Å². The van der Waals surface area contributed by atoms with Crippen molar-refractivity contribution < 1.29 is 23.7 Å². The van der Waals surface area contributed by atoms with E-state index in [2.05, 4.69) is 20.5 Å². The van der Waals surface area contributed by atoms with Gasteiger partial charge in [-0.3, -0.25) is 15.2 Å². The van der Waals surface area contributed by atoms with Crippen LogP contribution >= 0.6 is 0 Å². The Kier molecular flexibility index (Phi) is 6.92. The quantitative estimate of drug-likeness (QED) is 0.383. The molecule has 1 amide bonds. The molecule has 0 aliphatic heterocycles. The number of anilines is 1. The van der Waals surface area contributed by atoms with Gasteiger partial charge in [0.25, 0.3) is 5.91 Å². The van der Waals surface area contributed by atoms with Crippen LogP contribution in [-0.2, 0) is 6.61 Å². The summed E-state index contributed by atoms with van der Waals surface area (Å²) in [6, 6.07) is 20.1. The van der Waals surface area contributed by atoms with E-state index in [9.17, 15) is 4.79 Å². The third kappa shape index (κ3) is 5.09. The van der Waals surface area contributed by atoms with Gasteiger partial charge in [0.2, 0.25) is 5.95 Å². The summed E-state index contributed by atoms with van der Waals surface area (Å²) in [4.78, 5) is 17.1. The van der Waals surface area contributed by atoms with Gasteiger partial charge in [0.1, 0.15) is 18.1 Å². The minimum Gasteiger partial charge on any atom is -0.497 e. The molecule has 9 heteroatoms. The molecule has 0 spiro atoms. The smallest absolute Gasteiger partial charge is 0.258 e. The van der Waals surface area contributed by atoms with Crippen LogP contribution in [0.25, 0.3) is 11.4 Å². The number of methoxy groups -OCH3 is 3. The summed E-state index contributed by atoms with van der Waals surface area (Å²) in [5.74, 6) is 2.37. The van der Waals surface area contributed by atoms with E-state index in [0.29, 0.717) is 46.6 Å². The van der Waals surface area contributed by atoms with Crippen molar-refractivity contribution in [3.05, 3.63) is 77.9 Å². The second kappa shape index (κ2) is 10.4. The van der Waals surface area contributed by atoms with Gasteiger partial charge < -0.3 is 18.9 Å². The predicted molar refractivity (Wildman–Crippen MR) is 127 cm³/mol. The molecule has 34 heavy (non-hydrogen) atoms. The van der Waals surface area contributed by atoms with Crippen LogP contribution in [-0.4, -0.2) is 42.4 Å². The first-order valence-corrected chi connectivity index (χ1v) is 10.4. The maximum absolute atomic E-state index is 12.8. The van der Waals surface area contributed by atoms with E-state index in [1.165, 1.54) is 7.11 Å². The predicted octanol–water partition coefficient (Wildman–Crippen LogP) is 4.33. The zero-order valence-corrected chi connectivity index (χ0v) is 19.0. The van der Waals surface area contributed by atoms with Crippen LogP contribution < -0.4 is 24.3 Å². The second-order valence-corrected chi connectivity index (χ2v) is 7.17. The molecule has 0 aliphatic carbocycles. The number of amides is 1. The van der Waals surface area contributed by atoms with Gasteiger partial charge >= 0.3 is 0 Å². The lowest BCUT2D eigenvalue weighted by atomic mass is 10.2. The molecule has 0 unspecified atom stereocenters. The Morgan fingerprint density at radius 3 is 2.41 bits per heavy atom. The van der Waals surface area contributed by atoms with Gasteiger partial charge in [-0.2, -0.15) is 4.98 Å². The molecule has 1 heterocycles. The first kappa shape index (κ1) is 22.7. The van der Waals surface area contributed by atoms with E-state index in [0.717, 1.165) is 5.56 Å². The molecular formula is C25H24N4O5. The Morgan fingerprint density at radius 2 is 1.68 bits per heavy atom. The maximum atomic E-state index is 12.8. The fourth-order valence-corrected chi connectivity index (χ4v) is 3.27. The fraction of sp³-hybridized carbons (Fsp3) is 0.160. The van der Waals surface area contributed by atoms with Crippen LogP contribution in [0.5, 0.6) is 23.0 Å². The summed E-state index contributed by atoms with van der Waals surface area (Å²) in [6.45, 7) is 0.386. The molecule has 2 N–H and O–H groups in total. The third-order valence-electron chi connectivity index (χ3n) is 5.04. The monoisotopic (exact) mass is 460 g/mol. The number of benzene rings is 3. The average Bonchev–Trinajstić information content (AvgIpc) is 3.35. The van der Waals surface area contributed by atoms with Crippen molar-refractivity contribution in [3.63, 3.8) is 0 Å². The zero-order chi connectivity index (χ0) is 23.9. The number of carbonyl (C=O) groups is 1. The lowest BCUT2D eigenvalue weighted by molar-refractivity contribution is 0.102. The van der Waals surface area contributed by atoms with Gasteiger partial charge in [-0.1, -0.05) is 30.3 Å². The SMILES string of the molecule is COc1ccc(-c2nc(NC(=O)c3ccc(OCc4ccccc4)c(OC)c3)n[nH]2)c(OC)c1. The molecule has 0 saturated carbocycles. The lowest BCUT2D eigenvalue weighted by Crippen LogP contribution is -2.13. The molecule has 0 bridgehead atoms. The van der Waals surface area contributed by atoms with Crippen LogP contribution in [0.4, 0.5) is 5.95 Å². The first-order chi connectivity index (χ1) is 16.6. The van der Waals surface area contributed by atoms with Crippen LogP contribution in [0, 0.1) is 0 Å². The first-order valence-electron chi connectivity index (χ1n) is 10.4. The fourth-order valence-electron chi connectivity index (χ4n) is 3.27. The Bertz CT molecular complexity index is 1270. The molecule has 3 aromatic carbocycles. The Labute approximate surface area is 196 Å². The van der Waals surface area contributed by atoms with E-state index < -0.39 is 0 Å². The maximum Gasteiger partial charge on any atom is 0.258 e. The van der Waals surface area contributed by atoms with Gasteiger partial charge in [-0.15, -0.1) is 5.10 Å². The number of hydrogen-bond acceptors (Lipinski definition) is 7. The van der Waals surface area contributed by atoms with E-state index in [1.54, 1.807) is 50.6 Å². The molecule has 174 valence electrons. The highest BCUT2D eigenvalue weighted by Gasteiger charge is 2.16. The lowest BCUT2D eigenvalue weighted by Gasteiger charge is -2.12. The molecule has 0 saturated heterocycles. The highest BCUT2D eigenvalue weighted by atomic mass is 16.5. The minimum atomic E-state index is -0.389. The third-order valence-corrected chi connectivity index (χ3v) is 5.04. The molecule has 1 aromatic heterocycles. The summed E-state index contributed by atoms with van der Waals surface area (Å²) < 4.78 is 21.9. The van der Waals surface area contributed by atoms with Gasteiger partial charge in [0, 0.05) is 11.6 Å². The number of ether oxygens (including phenoxy) is 4. The van der Waals surface area contributed by atoms with Crippen LogP contribution in [0.15, 0.2) is 66.7 Å². The van der Waals surface area contributed by atoms with E-state index in [1.807, 2.05) is 30.3 Å². The number of nitrogens with one attached hydrogen (secondary N) is 2. The average molecular weight is 460 g/mol. The molecule has 9 nitrogen and oxygen atoms in total. The topological polar surface area (TPSA) is 108 Å². The highest BCUT2D eigenvalue weighted by Crippen LogP contribution is 2.32. The van der Waals surface area contributed by atoms with Crippen molar-refractivity contribution in [2.75, 3.05) is 26.6 Å². The minimum absolute atomic E-state index is 0.126. The van der Waals surface area contributed by atoms with Crippen molar-refractivity contribution in [2.45, 2.75) is 6.61 Å². The Balaban J connectivity index is 1.46. The second-order valence-electron chi connectivity index (χ2n) is 7.17. The number of carbonyl (C=O) groups excluding carboxylic acids is 1. The Morgan fingerprint density at radius 1 is 0.882 bits per heavy atom. The van der Waals surface area contributed by atoms with Gasteiger partial charge in [-0.05, 0) is 35.9 Å². The molecule has 0 aliphatic rings.